The maximum atomic E-state index is 13.1. The molecule has 8 heteroatoms. The number of halogens is 3. The van der Waals surface area contributed by atoms with E-state index in [9.17, 15) is 4.79 Å². The van der Waals surface area contributed by atoms with Crippen LogP contribution in [0.3, 0.4) is 0 Å². The Morgan fingerprint density at radius 3 is 2.32 bits per heavy atom. The van der Waals surface area contributed by atoms with Crippen LogP contribution >= 0.6 is 63.1 Å². The molecule has 1 fully saturated rings. The molecule has 0 bridgehead atoms. The van der Waals surface area contributed by atoms with E-state index < -0.39 is 0 Å². The minimum Gasteiger partial charge on any atom is -0.488 e. The molecule has 0 atom stereocenters. The molecule has 156 valence electrons. The first-order valence-corrected chi connectivity index (χ1v) is 11.9. The lowest BCUT2D eigenvalue weighted by atomic mass is 10.1. The molecule has 1 aliphatic rings. The van der Waals surface area contributed by atoms with Gasteiger partial charge in [-0.15, -0.1) is 0 Å². The zero-order valence-corrected chi connectivity index (χ0v) is 20.6. The first-order chi connectivity index (χ1) is 14.9. The lowest BCUT2D eigenvalue weighted by molar-refractivity contribution is -0.113. The summed E-state index contributed by atoms with van der Waals surface area (Å²) >= 11 is 22.1. The molecule has 0 radical (unpaired) electrons. The zero-order valence-electron chi connectivity index (χ0n) is 15.8. The lowest BCUT2D eigenvalue weighted by Gasteiger charge is -2.14. The molecule has 31 heavy (non-hydrogen) atoms. The highest BCUT2D eigenvalue weighted by atomic mass is 79.9. The Hall–Kier alpha value is -1.83. The highest BCUT2D eigenvalue weighted by Crippen LogP contribution is 2.38. The average molecular weight is 551 g/mol. The van der Waals surface area contributed by atoms with E-state index in [1.165, 1.54) is 16.7 Å². The van der Waals surface area contributed by atoms with Crippen molar-refractivity contribution in [1.82, 2.24) is 0 Å². The van der Waals surface area contributed by atoms with E-state index in [-0.39, 0.29) is 5.91 Å². The van der Waals surface area contributed by atoms with Gasteiger partial charge in [0.1, 0.15) is 12.4 Å². The Bertz CT molecular complexity index is 1180. The third-order valence-corrected chi connectivity index (χ3v) is 6.74. The molecule has 0 aromatic heterocycles. The lowest BCUT2D eigenvalue weighted by Crippen LogP contribution is -2.27. The van der Waals surface area contributed by atoms with Crippen LogP contribution in [-0.4, -0.2) is 10.2 Å². The first-order valence-electron chi connectivity index (χ1n) is 9.11. The first kappa shape index (κ1) is 22.4. The fourth-order valence-electron chi connectivity index (χ4n) is 2.93. The number of carbonyl (C=O) groups is 1. The molecule has 3 aromatic rings. The average Bonchev–Trinajstić information content (AvgIpc) is 3.02. The van der Waals surface area contributed by atoms with E-state index in [1.807, 2.05) is 42.5 Å². The fraction of sp³-hybridized carbons (Fsp3) is 0.0435. The summed E-state index contributed by atoms with van der Waals surface area (Å²) in [5.74, 6) is 0.482. The largest absolute Gasteiger partial charge is 0.488 e. The third-order valence-electron chi connectivity index (χ3n) is 4.44. The van der Waals surface area contributed by atoms with Crippen molar-refractivity contribution >= 4 is 85.1 Å². The van der Waals surface area contributed by atoms with Crippen LogP contribution in [0.4, 0.5) is 5.69 Å². The van der Waals surface area contributed by atoms with Crippen molar-refractivity contribution in [2.45, 2.75) is 6.61 Å². The van der Waals surface area contributed by atoms with E-state index in [2.05, 4.69) is 15.9 Å². The number of rotatable bonds is 5. The van der Waals surface area contributed by atoms with Crippen LogP contribution in [-0.2, 0) is 11.4 Å². The molecule has 1 saturated heterocycles. The van der Waals surface area contributed by atoms with Gasteiger partial charge in [-0.25, -0.2) is 0 Å². The van der Waals surface area contributed by atoms with Crippen LogP contribution in [0.25, 0.3) is 6.08 Å². The number of amides is 1. The van der Waals surface area contributed by atoms with Crippen molar-refractivity contribution in [3.8, 4) is 5.75 Å². The van der Waals surface area contributed by atoms with Gasteiger partial charge in [-0.1, -0.05) is 75.2 Å². The van der Waals surface area contributed by atoms with Crippen LogP contribution in [0.5, 0.6) is 5.75 Å². The van der Waals surface area contributed by atoms with Gasteiger partial charge in [-0.2, -0.15) is 0 Å². The molecular formula is C23H14BrCl2NO2S2. The number of hydrogen-bond acceptors (Lipinski definition) is 4. The smallest absolute Gasteiger partial charge is 0.270 e. The Morgan fingerprint density at radius 1 is 1.00 bits per heavy atom. The Kier molecular flexibility index (Phi) is 7.04. The molecule has 0 saturated carbocycles. The van der Waals surface area contributed by atoms with Gasteiger partial charge in [0.2, 0.25) is 0 Å². The molecule has 3 aromatic carbocycles. The van der Waals surface area contributed by atoms with Gasteiger partial charge in [-0.05, 0) is 66.2 Å². The molecule has 4 rings (SSSR count). The molecule has 1 heterocycles. The van der Waals surface area contributed by atoms with E-state index in [0.717, 1.165) is 15.6 Å². The second-order valence-electron chi connectivity index (χ2n) is 6.59. The van der Waals surface area contributed by atoms with Gasteiger partial charge in [0, 0.05) is 20.1 Å². The molecule has 0 aliphatic carbocycles. The Morgan fingerprint density at radius 2 is 1.65 bits per heavy atom. The van der Waals surface area contributed by atoms with Crippen molar-refractivity contribution in [3.05, 3.63) is 97.3 Å². The van der Waals surface area contributed by atoms with E-state index >= 15 is 0 Å². The predicted molar refractivity (Wildman–Crippen MR) is 137 cm³/mol. The van der Waals surface area contributed by atoms with Crippen molar-refractivity contribution in [3.63, 3.8) is 0 Å². The highest BCUT2D eigenvalue weighted by molar-refractivity contribution is 9.10. The van der Waals surface area contributed by atoms with Gasteiger partial charge in [-0.3, -0.25) is 9.69 Å². The summed E-state index contributed by atoms with van der Waals surface area (Å²) in [6, 6.07) is 20.2. The molecular weight excluding hydrogens is 537 g/mol. The van der Waals surface area contributed by atoms with Crippen molar-refractivity contribution in [1.29, 1.82) is 0 Å². The number of thiocarbonyl (C=S) groups is 1. The van der Waals surface area contributed by atoms with E-state index in [1.54, 1.807) is 30.3 Å². The van der Waals surface area contributed by atoms with E-state index in [0.29, 0.717) is 37.3 Å². The third kappa shape index (κ3) is 5.33. The second kappa shape index (κ2) is 9.76. The van der Waals surface area contributed by atoms with Gasteiger partial charge in [0.25, 0.3) is 5.91 Å². The fourth-order valence-corrected chi connectivity index (χ4v) is 4.85. The monoisotopic (exact) mass is 549 g/mol. The Balaban J connectivity index is 1.59. The summed E-state index contributed by atoms with van der Waals surface area (Å²) in [5.41, 5.74) is 2.45. The molecule has 0 N–H and O–H groups in total. The van der Waals surface area contributed by atoms with Crippen LogP contribution in [0.1, 0.15) is 11.1 Å². The summed E-state index contributed by atoms with van der Waals surface area (Å²) in [5, 5.41) is 1.28. The number of nitrogens with zero attached hydrogens (tertiary/aromatic N) is 1. The standard InChI is InChI=1S/C23H14BrCl2NO2S2/c24-16-3-10-20(29-13-14-1-4-17(25)5-2-14)15(11-16)12-21-22(28)27(23(30)31-21)19-8-6-18(26)7-9-19/h1-12H,13H2/b21-12-. The number of benzene rings is 3. The maximum absolute atomic E-state index is 13.1. The zero-order chi connectivity index (χ0) is 22.0. The van der Waals surface area contributed by atoms with Gasteiger partial charge >= 0.3 is 0 Å². The van der Waals surface area contributed by atoms with Crippen LogP contribution in [0, 0.1) is 0 Å². The topological polar surface area (TPSA) is 29.5 Å². The van der Waals surface area contributed by atoms with Gasteiger partial charge < -0.3 is 4.74 Å². The summed E-state index contributed by atoms with van der Waals surface area (Å²) in [4.78, 5) is 15.1. The maximum Gasteiger partial charge on any atom is 0.270 e. The van der Waals surface area contributed by atoms with Crippen LogP contribution in [0.15, 0.2) is 76.1 Å². The highest BCUT2D eigenvalue weighted by Gasteiger charge is 2.33. The molecule has 0 unspecified atom stereocenters. The Labute approximate surface area is 208 Å². The molecule has 0 spiro atoms. The SMILES string of the molecule is O=C1/C(=C/c2cc(Br)ccc2OCc2ccc(Cl)cc2)SC(=S)N1c1ccc(Cl)cc1. The van der Waals surface area contributed by atoms with Gasteiger partial charge in [0.05, 0.1) is 10.6 Å². The van der Waals surface area contributed by atoms with Crippen LogP contribution in [0.2, 0.25) is 10.0 Å². The molecule has 1 aliphatic heterocycles. The summed E-state index contributed by atoms with van der Waals surface area (Å²) in [6.45, 7) is 0.380. The normalized spacial score (nSPS) is 15.1. The van der Waals surface area contributed by atoms with Gasteiger partial charge in [0.15, 0.2) is 4.32 Å². The van der Waals surface area contributed by atoms with Crippen molar-refractivity contribution < 1.29 is 9.53 Å². The molecule has 1 amide bonds. The minimum atomic E-state index is -0.180. The number of hydrogen-bond donors (Lipinski definition) is 0. The molecule has 3 nitrogen and oxygen atoms in total. The summed E-state index contributed by atoms with van der Waals surface area (Å²) < 4.78 is 7.37. The summed E-state index contributed by atoms with van der Waals surface area (Å²) in [6.07, 6.45) is 1.80. The number of anilines is 1. The number of ether oxygens (including phenoxy) is 1. The van der Waals surface area contributed by atoms with Crippen molar-refractivity contribution in [2.75, 3.05) is 4.90 Å². The summed E-state index contributed by atoms with van der Waals surface area (Å²) in [7, 11) is 0. The minimum absolute atomic E-state index is 0.180. The second-order valence-corrected chi connectivity index (χ2v) is 10.1. The quantitative estimate of drug-likeness (QED) is 0.240. The number of carbonyl (C=O) groups excluding carboxylic acids is 1. The predicted octanol–water partition coefficient (Wildman–Crippen LogP) is 7.74. The van der Waals surface area contributed by atoms with E-state index in [4.69, 9.17) is 40.2 Å². The number of thioether (sulfide) groups is 1. The van der Waals surface area contributed by atoms with Crippen molar-refractivity contribution in [2.24, 2.45) is 0 Å². The van der Waals surface area contributed by atoms with Crippen LogP contribution < -0.4 is 9.64 Å².